The van der Waals surface area contributed by atoms with E-state index in [-0.39, 0.29) is 49.5 Å². The topological polar surface area (TPSA) is 35.8 Å². The largest absolute Gasteiger partial charge is 4.00 e. The maximum absolute atomic E-state index is 5.70. The van der Waals surface area contributed by atoms with E-state index in [1.807, 2.05) is 0 Å². The molecule has 0 spiro atoms. The Kier molecular flexibility index (Phi) is 11.1. The van der Waals surface area contributed by atoms with Crippen molar-refractivity contribution in [2.24, 2.45) is 17.8 Å². The van der Waals surface area contributed by atoms with Crippen LogP contribution in [0, 0.1) is 40.0 Å². The van der Waals surface area contributed by atoms with E-state index < -0.39 is 8.24 Å². The summed E-state index contributed by atoms with van der Waals surface area (Å²) in [6, 6.07) is 0.524. The van der Waals surface area contributed by atoms with E-state index in [0.717, 1.165) is 11.5 Å². The zero-order valence-corrected chi connectivity index (χ0v) is 22.5. The van der Waals surface area contributed by atoms with Crippen LogP contribution in [0.1, 0.15) is 27.7 Å². The standard InChI is InChI=1S/C19H33N2O2Si.3CH3.Ti/c1-12-17(21(5)6)13-9-15-16(23-11-22-15)10-14(13)18(12)24(7,8)20-19(2,3)4;;;;/h9-10,12-14,17-18H,11H2,1-8H3;3*1H3;/q4*-1;+4. The van der Waals surface area contributed by atoms with Crippen molar-refractivity contribution < 1.29 is 31.2 Å². The van der Waals surface area contributed by atoms with Crippen LogP contribution in [0.5, 0.6) is 0 Å². The van der Waals surface area contributed by atoms with E-state index in [0.29, 0.717) is 36.1 Å². The first kappa shape index (κ1) is 30.1. The Balaban J connectivity index is 0. The predicted molar refractivity (Wildman–Crippen MR) is 120 cm³/mol. The van der Waals surface area contributed by atoms with Crippen LogP contribution in [-0.4, -0.2) is 45.6 Å². The molecule has 0 aromatic rings. The van der Waals surface area contributed by atoms with E-state index >= 15 is 0 Å². The molecule has 4 nitrogen and oxygen atoms in total. The Morgan fingerprint density at radius 1 is 1.00 bits per heavy atom. The molecule has 0 aromatic heterocycles. The monoisotopic (exact) mass is 442 g/mol. The van der Waals surface area contributed by atoms with Crippen molar-refractivity contribution in [3.05, 3.63) is 50.9 Å². The predicted octanol–water partition coefficient (Wildman–Crippen LogP) is 5.68. The van der Waals surface area contributed by atoms with Gasteiger partial charge in [-0.05, 0) is 38.1 Å². The van der Waals surface area contributed by atoms with Gasteiger partial charge < -0.3 is 41.6 Å². The molecule has 3 rings (SSSR count). The van der Waals surface area contributed by atoms with Crippen molar-refractivity contribution in [3.63, 3.8) is 0 Å². The molecule has 28 heavy (non-hydrogen) atoms. The molecule has 0 bridgehead atoms. The van der Waals surface area contributed by atoms with Crippen LogP contribution < -0.4 is 0 Å². The average Bonchev–Trinajstić information content (AvgIpc) is 2.92. The number of rotatable bonds is 3. The maximum atomic E-state index is 5.70. The number of hydrogen-bond acceptors (Lipinski definition) is 3. The molecule has 6 heteroatoms. The van der Waals surface area contributed by atoms with Crippen molar-refractivity contribution in [2.45, 2.75) is 57.9 Å². The molecule has 1 saturated carbocycles. The van der Waals surface area contributed by atoms with Crippen molar-refractivity contribution in [1.82, 2.24) is 4.90 Å². The zero-order chi connectivity index (χ0) is 17.9. The SMILES string of the molecule is CC1C(N(C)C)C2C=C3OCOC3=CC2C1[Si](C)(C)[N-]C(C)(C)C.[CH3-].[CH3-].[CH3-].[Ti+4]. The van der Waals surface area contributed by atoms with Crippen LogP contribution in [0.15, 0.2) is 23.7 Å². The van der Waals surface area contributed by atoms with Gasteiger partial charge in [-0.15, -0.1) is 5.54 Å². The summed E-state index contributed by atoms with van der Waals surface area (Å²) in [5.41, 5.74) is 0.639. The maximum Gasteiger partial charge on any atom is 4.00 e. The molecule has 0 N–H and O–H groups in total. The van der Waals surface area contributed by atoms with E-state index in [4.69, 9.17) is 14.5 Å². The van der Waals surface area contributed by atoms with Gasteiger partial charge in [-0.1, -0.05) is 54.6 Å². The molecule has 160 valence electrons. The zero-order valence-electron chi connectivity index (χ0n) is 20.0. The normalized spacial score (nSPS) is 30.7. The van der Waals surface area contributed by atoms with Crippen LogP contribution in [-0.2, 0) is 31.2 Å². The second-order valence-electron chi connectivity index (χ2n) is 9.40. The van der Waals surface area contributed by atoms with E-state index in [9.17, 15) is 0 Å². The van der Waals surface area contributed by atoms with Gasteiger partial charge in [0.05, 0.1) is 0 Å². The minimum absolute atomic E-state index is 0. The summed E-state index contributed by atoms with van der Waals surface area (Å²) in [6.07, 6.45) is 4.68. The summed E-state index contributed by atoms with van der Waals surface area (Å²) in [7, 11) is 2.64. The quantitative estimate of drug-likeness (QED) is 0.417. The van der Waals surface area contributed by atoms with Gasteiger partial charge in [0.25, 0.3) is 0 Å². The fourth-order valence-electron chi connectivity index (χ4n) is 5.58. The fraction of sp³-hybridized carbons (Fsp3) is 0.682. The third-order valence-electron chi connectivity index (χ3n) is 5.75. The van der Waals surface area contributed by atoms with Crippen LogP contribution >= 0.6 is 0 Å². The Bertz CT molecular complexity index is 569. The number of hydrogen-bond donors (Lipinski definition) is 0. The number of nitrogens with zero attached hydrogens (tertiary/aromatic N) is 2. The summed E-state index contributed by atoms with van der Waals surface area (Å²) in [4.78, 5) is 7.74. The van der Waals surface area contributed by atoms with Gasteiger partial charge in [0.15, 0.2) is 11.5 Å². The molecule has 2 aliphatic carbocycles. The number of fused-ring (bicyclic) bond motifs is 2. The molecule has 0 aromatic carbocycles. The molecular formula is C22H42N2O2SiTi. The van der Waals surface area contributed by atoms with Crippen LogP contribution in [0.4, 0.5) is 0 Å². The van der Waals surface area contributed by atoms with Crippen molar-refractivity contribution >= 4 is 8.24 Å². The molecule has 1 saturated heterocycles. The van der Waals surface area contributed by atoms with Crippen LogP contribution in [0.2, 0.25) is 18.6 Å². The first-order valence-corrected chi connectivity index (χ1v) is 12.1. The van der Waals surface area contributed by atoms with Crippen molar-refractivity contribution in [1.29, 1.82) is 0 Å². The minimum Gasteiger partial charge on any atom is -0.660 e. The number of allylic oxidation sites excluding steroid dienone is 1. The van der Waals surface area contributed by atoms with Gasteiger partial charge in [0, 0.05) is 12.0 Å². The Hall–Kier alpha value is -0.0688. The third-order valence-corrected chi connectivity index (χ3v) is 9.54. The van der Waals surface area contributed by atoms with Crippen LogP contribution in [0.3, 0.4) is 0 Å². The molecule has 2 fully saturated rings. The molecule has 3 aliphatic rings. The third kappa shape index (κ3) is 5.54. The molecule has 1 heterocycles. The number of ether oxygens (including phenoxy) is 2. The second kappa shape index (κ2) is 10.3. The summed E-state index contributed by atoms with van der Waals surface area (Å²) in [5.74, 6) is 3.50. The molecule has 0 amide bonds. The van der Waals surface area contributed by atoms with Gasteiger partial charge in [-0.3, -0.25) is 0 Å². The van der Waals surface area contributed by atoms with Crippen molar-refractivity contribution in [2.75, 3.05) is 20.9 Å². The Labute approximate surface area is 191 Å². The molecule has 0 radical (unpaired) electrons. The van der Waals surface area contributed by atoms with Gasteiger partial charge in [-0.25, -0.2) is 0 Å². The Morgan fingerprint density at radius 2 is 1.46 bits per heavy atom. The van der Waals surface area contributed by atoms with E-state index in [1.165, 1.54) is 0 Å². The molecule has 5 atom stereocenters. The summed E-state index contributed by atoms with van der Waals surface area (Å²) in [5, 5.41) is 0. The second-order valence-corrected chi connectivity index (χ2v) is 13.6. The molecule has 5 unspecified atom stereocenters. The van der Waals surface area contributed by atoms with Gasteiger partial charge >= 0.3 is 21.7 Å². The summed E-state index contributed by atoms with van der Waals surface area (Å²) in [6.45, 7) is 14.4. The minimum atomic E-state index is -1.78. The van der Waals surface area contributed by atoms with Crippen molar-refractivity contribution in [3.8, 4) is 0 Å². The smallest absolute Gasteiger partial charge is 0.660 e. The van der Waals surface area contributed by atoms with Gasteiger partial charge in [-0.2, -0.15) is 0 Å². The average molecular weight is 443 g/mol. The van der Waals surface area contributed by atoms with Crippen LogP contribution in [0.25, 0.3) is 4.98 Å². The molecular weight excluding hydrogens is 400 g/mol. The van der Waals surface area contributed by atoms with Gasteiger partial charge in [0.2, 0.25) is 6.79 Å². The molecule has 1 aliphatic heterocycles. The summed E-state index contributed by atoms with van der Waals surface area (Å²) < 4.78 is 11.4. The van der Waals surface area contributed by atoms with E-state index in [1.54, 1.807) is 0 Å². The first-order chi connectivity index (χ1) is 11.0. The Morgan fingerprint density at radius 3 is 1.89 bits per heavy atom. The summed E-state index contributed by atoms with van der Waals surface area (Å²) >= 11 is 0. The first-order valence-electron chi connectivity index (χ1n) is 9.11. The van der Waals surface area contributed by atoms with Gasteiger partial charge in [0.1, 0.15) is 0 Å². The fourth-order valence-corrected chi connectivity index (χ4v) is 10.2. The van der Waals surface area contributed by atoms with E-state index in [2.05, 4.69) is 71.9 Å².